The van der Waals surface area contributed by atoms with E-state index in [1.54, 1.807) is 17.8 Å². The number of nitro groups is 1. The lowest BCUT2D eigenvalue weighted by atomic mass is 10.2. The van der Waals surface area contributed by atoms with E-state index in [0.717, 1.165) is 18.7 Å². The second kappa shape index (κ2) is 7.83. The van der Waals surface area contributed by atoms with Crippen LogP contribution in [0.1, 0.15) is 20.3 Å². The van der Waals surface area contributed by atoms with E-state index in [-0.39, 0.29) is 11.7 Å². The van der Waals surface area contributed by atoms with Gasteiger partial charge in [-0.3, -0.25) is 10.1 Å². The highest BCUT2D eigenvalue weighted by atomic mass is 32.2. The molecule has 6 nitrogen and oxygen atoms in total. The summed E-state index contributed by atoms with van der Waals surface area (Å²) in [5.74, 6) is 1.99. The van der Waals surface area contributed by atoms with Crippen LogP contribution < -0.4 is 10.6 Å². The molecule has 7 heteroatoms. The van der Waals surface area contributed by atoms with Gasteiger partial charge in [-0.15, -0.1) is 0 Å². The summed E-state index contributed by atoms with van der Waals surface area (Å²) in [5.41, 5.74) is 0.0117. The summed E-state index contributed by atoms with van der Waals surface area (Å²) in [6, 6.07) is 3.25. The maximum Gasteiger partial charge on any atom is 0.311 e. The largest absolute Gasteiger partial charge is 0.370 e. The molecule has 0 aliphatic rings. The molecule has 1 aromatic rings. The van der Waals surface area contributed by atoms with Gasteiger partial charge in [0.1, 0.15) is 5.82 Å². The minimum Gasteiger partial charge on any atom is -0.370 e. The smallest absolute Gasteiger partial charge is 0.311 e. The van der Waals surface area contributed by atoms with Crippen molar-refractivity contribution in [1.82, 2.24) is 4.98 Å². The molecular weight excluding hydrogens is 264 g/mol. The van der Waals surface area contributed by atoms with Crippen LogP contribution in [0.2, 0.25) is 0 Å². The van der Waals surface area contributed by atoms with Gasteiger partial charge in [0.2, 0.25) is 5.82 Å². The van der Waals surface area contributed by atoms with Crippen LogP contribution in [0.15, 0.2) is 12.1 Å². The molecule has 0 fully saturated rings. The van der Waals surface area contributed by atoms with Gasteiger partial charge in [0.05, 0.1) is 4.92 Å². The summed E-state index contributed by atoms with van der Waals surface area (Å²) in [6.45, 7) is 4.69. The fourth-order valence-corrected chi connectivity index (χ4v) is 2.17. The molecule has 0 amide bonds. The molecule has 0 bridgehead atoms. The first-order valence-corrected chi connectivity index (χ1v) is 7.62. The molecule has 1 atom stereocenters. The summed E-state index contributed by atoms with van der Waals surface area (Å²) in [4.78, 5) is 14.8. The zero-order valence-corrected chi connectivity index (χ0v) is 12.3. The van der Waals surface area contributed by atoms with Gasteiger partial charge in [-0.05, 0) is 38.3 Å². The second-order valence-electron chi connectivity index (χ2n) is 4.18. The van der Waals surface area contributed by atoms with Crippen LogP contribution in [0.25, 0.3) is 0 Å². The molecule has 0 aliphatic heterocycles. The second-order valence-corrected chi connectivity index (χ2v) is 5.16. The van der Waals surface area contributed by atoms with E-state index in [1.165, 1.54) is 6.07 Å². The van der Waals surface area contributed by atoms with Gasteiger partial charge >= 0.3 is 5.69 Å². The maximum absolute atomic E-state index is 11.0. The average molecular weight is 284 g/mol. The fourth-order valence-electron chi connectivity index (χ4n) is 1.59. The molecule has 2 N–H and O–H groups in total. The molecular formula is C12H20N4O2S. The van der Waals surface area contributed by atoms with Gasteiger partial charge in [-0.2, -0.15) is 11.8 Å². The van der Waals surface area contributed by atoms with Crippen LogP contribution in [-0.2, 0) is 0 Å². The van der Waals surface area contributed by atoms with Crippen molar-refractivity contribution in [2.24, 2.45) is 0 Å². The van der Waals surface area contributed by atoms with Gasteiger partial charge in [-0.25, -0.2) is 4.98 Å². The van der Waals surface area contributed by atoms with Crippen LogP contribution in [-0.4, -0.2) is 34.5 Å². The highest BCUT2D eigenvalue weighted by molar-refractivity contribution is 7.98. The Morgan fingerprint density at radius 3 is 2.84 bits per heavy atom. The van der Waals surface area contributed by atoms with Crippen molar-refractivity contribution in [2.75, 3.05) is 29.2 Å². The summed E-state index contributed by atoms with van der Waals surface area (Å²) >= 11 is 1.76. The van der Waals surface area contributed by atoms with Crippen molar-refractivity contribution < 1.29 is 4.92 Å². The number of hydrogen-bond acceptors (Lipinski definition) is 6. The van der Waals surface area contributed by atoms with E-state index in [9.17, 15) is 10.1 Å². The normalized spacial score (nSPS) is 11.9. The average Bonchev–Trinajstić information content (AvgIpc) is 2.36. The van der Waals surface area contributed by atoms with Gasteiger partial charge in [-0.1, -0.05) is 0 Å². The van der Waals surface area contributed by atoms with Crippen molar-refractivity contribution in [1.29, 1.82) is 0 Å². The molecule has 19 heavy (non-hydrogen) atoms. The SMILES string of the molecule is CCNc1ccc([N+](=O)[O-])c(NC(C)CCSC)n1. The summed E-state index contributed by atoms with van der Waals surface area (Å²) < 4.78 is 0. The molecule has 0 spiro atoms. The highest BCUT2D eigenvalue weighted by Gasteiger charge is 2.17. The predicted octanol–water partition coefficient (Wildman–Crippen LogP) is 2.98. The number of thioether (sulfide) groups is 1. The molecule has 0 aromatic carbocycles. The Hall–Kier alpha value is -1.50. The van der Waals surface area contributed by atoms with Crippen LogP contribution >= 0.6 is 11.8 Å². The maximum atomic E-state index is 11.0. The number of rotatable bonds is 8. The zero-order chi connectivity index (χ0) is 14.3. The molecule has 1 unspecified atom stereocenters. The molecule has 0 radical (unpaired) electrons. The number of hydrogen-bond donors (Lipinski definition) is 2. The quantitative estimate of drug-likeness (QED) is 0.564. The number of aromatic nitrogens is 1. The molecule has 1 aromatic heterocycles. The van der Waals surface area contributed by atoms with Crippen LogP contribution in [0.3, 0.4) is 0 Å². The number of anilines is 2. The van der Waals surface area contributed by atoms with E-state index in [2.05, 4.69) is 15.6 Å². The molecule has 106 valence electrons. The lowest BCUT2D eigenvalue weighted by molar-refractivity contribution is -0.384. The third-order valence-electron chi connectivity index (χ3n) is 2.57. The Morgan fingerprint density at radius 1 is 1.53 bits per heavy atom. The number of pyridine rings is 1. The van der Waals surface area contributed by atoms with E-state index in [4.69, 9.17) is 0 Å². The summed E-state index contributed by atoms with van der Waals surface area (Å²) in [7, 11) is 0. The van der Waals surface area contributed by atoms with E-state index in [1.807, 2.05) is 20.1 Å². The van der Waals surface area contributed by atoms with E-state index in [0.29, 0.717) is 11.6 Å². The standard InChI is InChI=1S/C12H20N4O2S/c1-4-13-11-6-5-10(16(17)18)12(15-11)14-9(2)7-8-19-3/h5-6,9H,4,7-8H2,1-3H3,(H2,13,14,15). The molecule has 0 aliphatic carbocycles. The number of nitrogens with one attached hydrogen (secondary N) is 2. The molecule has 0 saturated heterocycles. The van der Waals surface area contributed by atoms with E-state index < -0.39 is 4.92 Å². The van der Waals surface area contributed by atoms with Gasteiger partial charge < -0.3 is 10.6 Å². The topological polar surface area (TPSA) is 80.1 Å². The third kappa shape index (κ3) is 4.94. The van der Waals surface area contributed by atoms with Gasteiger partial charge in [0.15, 0.2) is 0 Å². The van der Waals surface area contributed by atoms with Gasteiger partial charge in [0.25, 0.3) is 0 Å². The summed E-state index contributed by atoms with van der Waals surface area (Å²) in [6.07, 6.45) is 2.98. The Labute approximate surface area is 117 Å². The monoisotopic (exact) mass is 284 g/mol. The van der Waals surface area contributed by atoms with Gasteiger partial charge in [0, 0.05) is 18.7 Å². The first-order valence-electron chi connectivity index (χ1n) is 6.23. The first kappa shape index (κ1) is 15.6. The van der Waals surface area contributed by atoms with Crippen molar-refractivity contribution in [3.63, 3.8) is 0 Å². The first-order chi connectivity index (χ1) is 9.08. The fraction of sp³-hybridized carbons (Fsp3) is 0.583. The van der Waals surface area contributed by atoms with Crippen molar-refractivity contribution >= 4 is 29.1 Å². The molecule has 1 rings (SSSR count). The minimum absolute atomic E-state index is 0.0117. The van der Waals surface area contributed by atoms with Crippen LogP contribution in [0.4, 0.5) is 17.3 Å². The van der Waals surface area contributed by atoms with E-state index >= 15 is 0 Å². The third-order valence-corrected chi connectivity index (χ3v) is 3.21. The Bertz CT molecular complexity index is 428. The molecule has 1 heterocycles. The Morgan fingerprint density at radius 2 is 2.26 bits per heavy atom. The Kier molecular flexibility index (Phi) is 6.41. The lowest BCUT2D eigenvalue weighted by Crippen LogP contribution is -2.18. The van der Waals surface area contributed by atoms with Crippen molar-refractivity contribution in [3.05, 3.63) is 22.2 Å². The number of nitrogens with zero attached hydrogens (tertiary/aromatic N) is 2. The van der Waals surface area contributed by atoms with Crippen molar-refractivity contribution in [2.45, 2.75) is 26.3 Å². The molecule has 0 saturated carbocycles. The lowest BCUT2D eigenvalue weighted by Gasteiger charge is -2.14. The minimum atomic E-state index is -0.410. The van der Waals surface area contributed by atoms with Crippen LogP contribution in [0, 0.1) is 10.1 Å². The Balaban J connectivity index is 2.87. The van der Waals surface area contributed by atoms with Crippen LogP contribution in [0.5, 0.6) is 0 Å². The summed E-state index contributed by atoms with van der Waals surface area (Å²) in [5, 5.41) is 17.2. The predicted molar refractivity (Wildman–Crippen MR) is 81.1 cm³/mol. The zero-order valence-electron chi connectivity index (χ0n) is 11.5. The van der Waals surface area contributed by atoms with Crippen molar-refractivity contribution in [3.8, 4) is 0 Å². The highest BCUT2D eigenvalue weighted by Crippen LogP contribution is 2.25.